The topological polar surface area (TPSA) is 69.4 Å². The molecule has 2 atom stereocenters. The molecule has 2 unspecified atom stereocenters. The van der Waals surface area contributed by atoms with Gasteiger partial charge < -0.3 is 10.5 Å². The summed E-state index contributed by atoms with van der Waals surface area (Å²) in [6.07, 6.45) is 4.72. The highest BCUT2D eigenvalue weighted by atomic mass is 32.2. The highest BCUT2D eigenvalue weighted by Gasteiger charge is 2.28. The fourth-order valence-electron chi connectivity index (χ4n) is 1.88. The maximum absolute atomic E-state index is 11.3. The standard InChI is InChI=1S/C9H19NO3S/c1-14(11,12)9-4-2-3-8(7-9)13-6-5-10/h8-9H,2-7,10H2,1H3. The van der Waals surface area contributed by atoms with E-state index in [1.807, 2.05) is 0 Å². The summed E-state index contributed by atoms with van der Waals surface area (Å²) in [6.45, 7) is 1.03. The minimum absolute atomic E-state index is 0.0898. The molecule has 4 nitrogen and oxygen atoms in total. The maximum atomic E-state index is 11.3. The molecule has 0 aromatic rings. The van der Waals surface area contributed by atoms with Gasteiger partial charge in [-0.25, -0.2) is 8.42 Å². The molecule has 0 aromatic heterocycles. The molecule has 1 aliphatic carbocycles. The summed E-state index contributed by atoms with van der Waals surface area (Å²) in [5, 5.41) is -0.209. The molecule has 1 saturated carbocycles. The van der Waals surface area contributed by atoms with Crippen LogP contribution in [0.5, 0.6) is 0 Å². The predicted molar refractivity (Wildman–Crippen MR) is 55.9 cm³/mol. The van der Waals surface area contributed by atoms with Crippen LogP contribution in [0.4, 0.5) is 0 Å². The summed E-state index contributed by atoms with van der Waals surface area (Å²) < 4.78 is 28.1. The minimum atomic E-state index is -2.90. The molecule has 0 spiro atoms. The van der Waals surface area contributed by atoms with E-state index in [0.717, 1.165) is 19.3 Å². The largest absolute Gasteiger partial charge is 0.377 e. The number of nitrogens with two attached hydrogens (primary N) is 1. The molecule has 1 fully saturated rings. The van der Waals surface area contributed by atoms with Crippen molar-refractivity contribution in [1.29, 1.82) is 0 Å². The lowest BCUT2D eigenvalue weighted by Crippen LogP contribution is -2.32. The molecule has 0 radical (unpaired) electrons. The zero-order valence-corrected chi connectivity index (χ0v) is 9.42. The molecule has 0 aromatic carbocycles. The first-order valence-electron chi connectivity index (χ1n) is 5.04. The highest BCUT2D eigenvalue weighted by molar-refractivity contribution is 7.91. The molecular formula is C9H19NO3S. The lowest BCUT2D eigenvalue weighted by molar-refractivity contribution is 0.0343. The summed E-state index contributed by atoms with van der Waals surface area (Å²) in [5.74, 6) is 0. The van der Waals surface area contributed by atoms with E-state index in [-0.39, 0.29) is 11.4 Å². The number of rotatable bonds is 4. The Labute approximate surface area is 85.7 Å². The number of hydrogen-bond donors (Lipinski definition) is 1. The van der Waals surface area contributed by atoms with Crippen LogP contribution in [0.25, 0.3) is 0 Å². The van der Waals surface area contributed by atoms with Crippen molar-refractivity contribution >= 4 is 9.84 Å². The van der Waals surface area contributed by atoms with Gasteiger partial charge in [-0.2, -0.15) is 0 Å². The predicted octanol–water partition coefficient (Wildman–Crippen LogP) is 0.318. The van der Waals surface area contributed by atoms with Crippen LogP contribution in [-0.4, -0.2) is 39.2 Å². The van der Waals surface area contributed by atoms with E-state index in [1.54, 1.807) is 0 Å². The van der Waals surface area contributed by atoms with E-state index < -0.39 is 9.84 Å². The Morgan fingerprint density at radius 1 is 1.43 bits per heavy atom. The monoisotopic (exact) mass is 221 g/mol. The van der Waals surface area contributed by atoms with Crippen molar-refractivity contribution < 1.29 is 13.2 Å². The summed E-state index contributed by atoms with van der Waals surface area (Å²) in [4.78, 5) is 0. The molecule has 2 N–H and O–H groups in total. The third-order valence-corrected chi connectivity index (χ3v) is 4.29. The van der Waals surface area contributed by atoms with Crippen LogP contribution in [0.15, 0.2) is 0 Å². The van der Waals surface area contributed by atoms with Crippen molar-refractivity contribution in [3.63, 3.8) is 0 Å². The van der Waals surface area contributed by atoms with Crippen LogP contribution in [0.1, 0.15) is 25.7 Å². The average Bonchev–Trinajstić information content (AvgIpc) is 2.14. The molecule has 1 aliphatic rings. The molecule has 0 aliphatic heterocycles. The highest BCUT2D eigenvalue weighted by Crippen LogP contribution is 2.25. The van der Waals surface area contributed by atoms with Crippen molar-refractivity contribution in [2.45, 2.75) is 37.0 Å². The van der Waals surface area contributed by atoms with E-state index in [1.165, 1.54) is 6.26 Å². The lowest BCUT2D eigenvalue weighted by Gasteiger charge is -2.27. The first-order chi connectivity index (χ1) is 6.54. The third kappa shape index (κ3) is 3.55. The van der Waals surface area contributed by atoms with Crippen molar-refractivity contribution in [1.82, 2.24) is 0 Å². The SMILES string of the molecule is CS(=O)(=O)C1CCCC(OCCN)C1. The second kappa shape index (κ2) is 5.09. The second-order valence-corrected chi connectivity index (χ2v) is 6.23. The maximum Gasteiger partial charge on any atom is 0.150 e. The van der Waals surface area contributed by atoms with E-state index in [4.69, 9.17) is 10.5 Å². The quantitative estimate of drug-likeness (QED) is 0.742. The molecule has 0 saturated heterocycles. The van der Waals surface area contributed by atoms with Gasteiger partial charge >= 0.3 is 0 Å². The van der Waals surface area contributed by atoms with Gasteiger partial charge in [0.25, 0.3) is 0 Å². The average molecular weight is 221 g/mol. The second-order valence-electron chi connectivity index (χ2n) is 3.90. The van der Waals surface area contributed by atoms with Gasteiger partial charge in [-0.1, -0.05) is 0 Å². The Hall–Kier alpha value is -0.130. The Balaban J connectivity index is 2.44. The Kier molecular flexibility index (Phi) is 4.34. The van der Waals surface area contributed by atoms with E-state index >= 15 is 0 Å². The van der Waals surface area contributed by atoms with Gasteiger partial charge in [0.15, 0.2) is 0 Å². The van der Waals surface area contributed by atoms with Gasteiger partial charge in [0.05, 0.1) is 18.0 Å². The van der Waals surface area contributed by atoms with Crippen molar-refractivity contribution in [2.75, 3.05) is 19.4 Å². The zero-order chi connectivity index (χ0) is 10.6. The van der Waals surface area contributed by atoms with Crippen LogP contribution in [0, 0.1) is 0 Å². The van der Waals surface area contributed by atoms with Crippen molar-refractivity contribution in [2.24, 2.45) is 5.73 Å². The van der Waals surface area contributed by atoms with Gasteiger partial charge in [-0.05, 0) is 25.7 Å². The first-order valence-corrected chi connectivity index (χ1v) is 7.00. The smallest absolute Gasteiger partial charge is 0.150 e. The Morgan fingerprint density at radius 2 is 2.14 bits per heavy atom. The molecule has 84 valence electrons. The lowest BCUT2D eigenvalue weighted by atomic mass is 9.97. The molecule has 0 heterocycles. The Morgan fingerprint density at radius 3 is 2.71 bits per heavy atom. The van der Waals surface area contributed by atoms with E-state index in [2.05, 4.69) is 0 Å². The molecular weight excluding hydrogens is 202 g/mol. The van der Waals surface area contributed by atoms with Gasteiger partial charge in [0.2, 0.25) is 0 Å². The molecule has 0 bridgehead atoms. The van der Waals surface area contributed by atoms with Crippen LogP contribution in [-0.2, 0) is 14.6 Å². The summed E-state index contributed by atoms with van der Waals surface area (Å²) >= 11 is 0. The van der Waals surface area contributed by atoms with E-state index in [0.29, 0.717) is 19.6 Å². The fourth-order valence-corrected chi connectivity index (χ4v) is 3.04. The van der Waals surface area contributed by atoms with Crippen LogP contribution >= 0.6 is 0 Å². The Bertz CT molecular complexity index is 263. The number of sulfone groups is 1. The van der Waals surface area contributed by atoms with Gasteiger partial charge in [0.1, 0.15) is 9.84 Å². The number of ether oxygens (including phenoxy) is 1. The van der Waals surface area contributed by atoms with Gasteiger partial charge in [-0.15, -0.1) is 0 Å². The fraction of sp³-hybridized carbons (Fsp3) is 1.00. The molecule has 0 amide bonds. The minimum Gasteiger partial charge on any atom is -0.377 e. The number of hydrogen-bond acceptors (Lipinski definition) is 4. The third-order valence-electron chi connectivity index (χ3n) is 2.65. The van der Waals surface area contributed by atoms with Crippen molar-refractivity contribution in [3.05, 3.63) is 0 Å². The first kappa shape index (κ1) is 11.9. The summed E-state index contributed by atoms with van der Waals surface area (Å²) in [7, 11) is -2.90. The summed E-state index contributed by atoms with van der Waals surface area (Å²) in [6, 6.07) is 0. The van der Waals surface area contributed by atoms with Crippen molar-refractivity contribution in [3.8, 4) is 0 Å². The van der Waals surface area contributed by atoms with Crippen LogP contribution in [0.2, 0.25) is 0 Å². The van der Waals surface area contributed by atoms with Gasteiger partial charge in [-0.3, -0.25) is 0 Å². The summed E-state index contributed by atoms with van der Waals surface area (Å²) in [5.41, 5.74) is 5.32. The molecule has 5 heteroatoms. The van der Waals surface area contributed by atoms with Crippen LogP contribution in [0.3, 0.4) is 0 Å². The van der Waals surface area contributed by atoms with Gasteiger partial charge in [0, 0.05) is 12.8 Å². The molecule has 14 heavy (non-hydrogen) atoms. The van der Waals surface area contributed by atoms with Crippen LogP contribution < -0.4 is 5.73 Å². The normalized spacial score (nSPS) is 29.0. The molecule has 1 rings (SSSR count). The zero-order valence-electron chi connectivity index (χ0n) is 8.61. The van der Waals surface area contributed by atoms with E-state index in [9.17, 15) is 8.42 Å².